The first-order chi connectivity index (χ1) is 14.5. The lowest BCUT2D eigenvalue weighted by Gasteiger charge is -2.39. The highest BCUT2D eigenvalue weighted by molar-refractivity contribution is 8.04. The molecule has 0 radical (unpaired) electrons. The van der Waals surface area contributed by atoms with E-state index in [1.807, 2.05) is 24.3 Å². The van der Waals surface area contributed by atoms with Gasteiger partial charge in [-0.05, 0) is 54.7 Å². The number of fused-ring (bicyclic) bond motifs is 1. The molecule has 1 saturated heterocycles. The van der Waals surface area contributed by atoms with E-state index in [2.05, 4.69) is 10.6 Å². The molecule has 4 nitrogen and oxygen atoms in total. The van der Waals surface area contributed by atoms with E-state index in [1.54, 1.807) is 30.0 Å². The maximum Gasteiger partial charge on any atom is 0.257 e. The maximum atomic E-state index is 13.0. The molecule has 2 aromatic rings. The molecule has 4 rings (SSSR count). The van der Waals surface area contributed by atoms with E-state index in [-0.39, 0.29) is 34.8 Å². The van der Waals surface area contributed by atoms with Crippen LogP contribution in [0.5, 0.6) is 0 Å². The Morgan fingerprint density at radius 2 is 1.97 bits per heavy atom. The molecular formula is C23H22ClFN2O2S. The number of benzene rings is 2. The Bertz CT molecular complexity index is 979. The van der Waals surface area contributed by atoms with Crippen molar-refractivity contribution in [3.63, 3.8) is 0 Å². The van der Waals surface area contributed by atoms with E-state index >= 15 is 0 Å². The van der Waals surface area contributed by atoms with E-state index in [1.165, 1.54) is 12.1 Å². The summed E-state index contributed by atoms with van der Waals surface area (Å²) in [6, 6.07) is 13.5. The van der Waals surface area contributed by atoms with Gasteiger partial charge in [0.1, 0.15) is 5.82 Å². The Morgan fingerprint density at radius 1 is 1.20 bits per heavy atom. The Kier molecular flexibility index (Phi) is 6.44. The van der Waals surface area contributed by atoms with E-state index in [0.29, 0.717) is 22.9 Å². The van der Waals surface area contributed by atoms with Gasteiger partial charge in [-0.25, -0.2) is 4.39 Å². The van der Waals surface area contributed by atoms with Crippen molar-refractivity contribution in [1.29, 1.82) is 0 Å². The zero-order chi connectivity index (χ0) is 21.1. The summed E-state index contributed by atoms with van der Waals surface area (Å²) >= 11 is 7.79. The molecule has 1 heterocycles. The largest absolute Gasteiger partial charge is 0.352 e. The first-order valence-corrected chi connectivity index (χ1v) is 11.2. The van der Waals surface area contributed by atoms with Crippen molar-refractivity contribution >= 4 is 41.3 Å². The van der Waals surface area contributed by atoms with Crippen LogP contribution in [0.2, 0.25) is 5.02 Å². The van der Waals surface area contributed by atoms with Crippen LogP contribution in [0.15, 0.2) is 53.4 Å². The highest BCUT2D eigenvalue weighted by Gasteiger charge is 2.39. The summed E-state index contributed by atoms with van der Waals surface area (Å²) in [5.74, 6) is -0.568. The summed E-state index contributed by atoms with van der Waals surface area (Å²) in [6.45, 7) is 0.371. The number of rotatable bonds is 4. The van der Waals surface area contributed by atoms with Gasteiger partial charge in [0.2, 0.25) is 5.91 Å². The predicted molar refractivity (Wildman–Crippen MR) is 118 cm³/mol. The monoisotopic (exact) mass is 444 g/mol. The molecular weight excluding hydrogens is 423 g/mol. The summed E-state index contributed by atoms with van der Waals surface area (Å²) in [7, 11) is 0. The van der Waals surface area contributed by atoms with Crippen LogP contribution in [0.3, 0.4) is 0 Å². The Morgan fingerprint density at radius 3 is 2.73 bits per heavy atom. The number of hydrogen-bond acceptors (Lipinski definition) is 3. The van der Waals surface area contributed by atoms with Gasteiger partial charge in [0, 0.05) is 28.8 Å². The second-order valence-corrected chi connectivity index (χ2v) is 9.31. The maximum absolute atomic E-state index is 13.0. The average Bonchev–Trinajstić information content (AvgIpc) is 2.75. The van der Waals surface area contributed by atoms with Crippen LogP contribution in [-0.4, -0.2) is 23.1 Å². The lowest BCUT2D eigenvalue weighted by molar-refractivity contribution is -0.127. The fraction of sp³-hybridized carbons (Fsp3) is 0.304. The minimum atomic E-state index is -0.295. The second-order valence-electron chi connectivity index (χ2n) is 7.62. The molecule has 1 aliphatic carbocycles. The fourth-order valence-electron chi connectivity index (χ4n) is 3.90. The SMILES string of the molecule is O=C1NC2CC(C(=O)NCc3ccc(F)cc3)CCC2S/C1=C/c1ccccc1Cl. The molecule has 1 aliphatic heterocycles. The van der Waals surface area contributed by atoms with Gasteiger partial charge in [-0.3, -0.25) is 9.59 Å². The van der Waals surface area contributed by atoms with Gasteiger partial charge in [0.15, 0.2) is 0 Å². The van der Waals surface area contributed by atoms with Crippen LogP contribution < -0.4 is 10.6 Å². The van der Waals surface area contributed by atoms with Gasteiger partial charge in [-0.15, -0.1) is 11.8 Å². The predicted octanol–water partition coefficient (Wildman–Crippen LogP) is 4.54. The van der Waals surface area contributed by atoms with Crippen molar-refractivity contribution in [1.82, 2.24) is 10.6 Å². The van der Waals surface area contributed by atoms with Crippen molar-refractivity contribution in [2.45, 2.75) is 37.1 Å². The fourth-order valence-corrected chi connectivity index (χ4v) is 5.37. The molecule has 2 fully saturated rings. The number of carbonyl (C=O) groups excluding carboxylic acids is 2. The normalized spacial score (nSPS) is 24.8. The molecule has 0 bridgehead atoms. The third-order valence-electron chi connectivity index (χ3n) is 5.55. The molecule has 2 aromatic carbocycles. The third kappa shape index (κ3) is 4.87. The van der Waals surface area contributed by atoms with Crippen molar-refractivity contribution < 1.29 is 14.0 Å². The number of halogens is 2. The zero-order valence-electron chi connectivity index (χ0n) is 16.2. The van der Waals surface area contributed by atoms with Gasteiger partial charge >= 0.3 is 0 Å². The smallest absolute Gasteiger partial charge is 0.257 e. The minimum absolute atomic E-state index is 0.0190. The molecule has 3 atom stereocenters. The number of thioether (sulfide) groups is 1. The minimum Gasteiger partial charge on any atom is -0.352 e. The van der Waals surface area contributed by atoms with Crippen LogP contribution in [0.25, 0.3) is 6.08 Å². The van der Waals surface area contributed by atoms with Crippen molar-refractivity contribution in [3.05, 3.63) is 75.4 Å². The standard InChI is InChI=1S/C23H22ClFN2O2S/c24-18-4-2-1-3-15(18)12-21-23(29)27-19-11-16(7-10-20(19)30-21)22(28)26-13-14-5-8-17(25)9-6-14/h1-6,8-9,12,16,19-20H,7,10-11,13H2,(H,26,28)(H,27,29)/b21-12+. The van der Waals surface area contributed by atoms with Crippen molar-refractivity contribution in [2.75, 3.05) is 0 Å². The molecule has 156 valence electrons. The molecule has 1 saturated carbocycles. The molecule has 2 amide bonds. The molecule has 2 aliphatic rings. The van der Waals surface area contributed by atoms with Crippen molar-refractivity contribution in [2.24, 2.45) is 5.92 Å². The summed E-state index contributed by atoms with van der Waals surface area (Å²) in [4.78, 5) is 25.9. The molecule has 3 unspecified atom stereocenters. The Labute approximate surface area is 184 Å². The molecule has 30 heavy (non-hydrogen) atoms. The third-order valence-corrected chi connectivity index (χ3v) is 7.32. The highest BCUT2D eigenvalue weighted by Crippen LogP contribution is 2.40. The number of amides is 2. The Balaban J connectivity index is 1.35. The van der Waals surface area contributed by atoms with E-state index in [0.717, 1.165) is 24.0 Å². The van der Waals surface area contributed by atoms with Crippen LogP contribution >= 0.6 is 23.4 Å². The average molecular weight is 445 g/mol. The molecule has 7 heteroatoms. The summed E-state index contributed by atoms with van der Waals surface area (Å²) in [6.07, 6.45) is 4.08. The topological polar surface area (TPSA) is 58.2 Å². The van der Waals surface area contributed by atoms with Gasteiger partial charge in [0.25, 0.3) is 5.91 Å². The van der Waals surface area contributed by atoms with Crippen LogP contribution in [-0.2, 0) is 16.1 Å². The first kappa shape index (κ1) is 20.9. The van der Waals surface area contributed by atoms with Gasteiger partial charge in [-0.1, -0.05) is 41.9 Å². The van der Waals surface area contributed by atoms with E-state index < -0.39 is 0 Å². The lowest BCUT2D eigenvalue weighted by Crippen LogP contribution is -2.51. The lowest BCUT2D eigenvalue weighted by atomic mass is 9.84. The number of nitrogens with one attached hydrogen (secondary N) is 2. The molecule has 2 N–H and O–H groups in total. The van der Waals surface area contributed by atoms with Crippen LogP contribution in [0.1, 0.15) is 30.4 Å². The summed E-state index contributed by atoms with van der Waals surface area (Å²) in [5, 5.41) is 6.88. The first-order valence-electron chi connectivity index (χ1n) is 9.95. The van der Waals surface area contributed by atoms with Crippen LogP contribution in [0.4, 0.5) is 4.39 Å². The van der Waals surface area contributed by atoms with E-state index in [4.69, 9.17) is 11.6 Å². The quantitative estimate of drug-likeness (QED) is 0.681. The summed E-state index contributed by atoms with van der Waals surface area (Å²) in [5.41, 5.74) is 1.68. The zero-order valence-corrected chi connectivity index (χ0v) is 17.8. The second kappa shape index (κ2) is 9.23. The molecule has 0 aromatic heterocycles. The summed E-state index contributed by atoms with van der Waals surface area (Å²) < 4.78 is 13.0. The van der Waals surface area contributed by atoms with Gasteiger partial charge < -0.3 is 10.6 Å². The van der Waals surface area contributed by atoms with Gasteiger partial charge in [0.05, 0.1) is 4.91 Å². The van der Waals surface area contributed by atoms with Crippen LogP contribution in [0, 0.1) is 11.7 Å². The van der Waals surface area contributed by atoms with Crippen molar-refractivity contribution in [3.8, 4) is 0 Å². The number of carbonyl (C=O) groups is 2. The number of hydrogen-bond donors (Lipinski definition) is 2. The van der Waals surface area contributed by atoms with E-state index in [9.17, 15) is 14.0 Å². The molecule has 0 spiro atoms. The highest BCUT2D eigenvalue weighted by atomic mass is 35.5. The van der Waals surface area contributed by atoms with Gasteiger partial charge in [-0.2, -0.15) is 0 Å². The Hall–Kier alpha value is -2.31.